The number of thiophene rings is 2. The molecular weight excluding hydrogens is 346 g/mol. The van der Waals surface area contributed by atoms with Crippen molar-refractivity contribution in [2.24, 2.45) is 0 Å². The Bertz CT molecular complexity index is 473. The van der Waals surface area contributed by atoms with Crippen molar-refractivity contribution in [3.8, 4) is 0 Å². The fourth-order valence-electron chi connectivity index (χ4n) is 1.56. The van der Waals surface area contributed by atoms with Crippen LogP contribution in [0.1, 0.15) is 9.75 Å². The monoisotopic (exact) mass is 361 g/mol. The molecule has 2 aromatic rings. The molecule has 0 aliphatic heterocycles. The summed E-state index contributed by atoms with van der Waals surface area (Å²) in [5, 5.41) is 15.0. The largest absolute Gasteiger partial charge is 0.389 e. The third-order valence-corrected chi connectivity index (χ3v) is 4.92. The summed E-state index contributed by atoms with van der Waals surface area (Å²) in [7, 11) is 0. The first kappa shape index (κ1) is 15.2. The highest BCUT2D eigenvalue weighted by Crippen LogP contribution is 2.21. The molecule has 1 unspecified atom stereocenters. The average Bonchev–Trinajstić information content (AvgIpc) is 3.01. The number of ether oxygens (including phenoxy) is 1. The van der Waals surface area contributed by atoms with E-state index in [1.54, 1.807) is 22.7 Å². The van der Waals surface area contributed by atoms with E-state index < -0.39 is 6.10 Å². The van der Waals surface area contributed by atoms with E-state index in [0.29, 0.717) is 19.8 Å². The second kappa shape index (κ2) is 8.14. The normalized spacial score (nSPS) is 12.7. The van der Waals surface area contributed by atoms with Crippen LogP contribution in [0.2, 0.25) is 0 Å². The lowest BCUT2D eigenvalue weighted by Gasteiger charge is -2.11. The van der Waals surface area contributed by atoms with Crippen LogP contribution in [-0.4, -0.2) is 24.4 Å². The van der Waals surface area contributed by atoms with Gasteiger partial charge in [0.2, 0.25) is 0 Å². The number of hydrogen-bond donors (Lipinski definition) is 2. The smallest absolute Gasteiger partial charge is 0.0897 e. The summed E-state index contributed by atoms with van der Waals surface area (Å²) in [4.78, 5) is 2.43. The minimum Gasteiger partial charge on any atom is -0.389 e. The first-order valence-electron chi connectivity index (χ1n) is 5.97. The van der Waals surface area contributed by atoms with Crippen molar-refractivity contribution in [1.82, 2.24) is 5.32 Å². The van der Waals surface area contributed by atoms with E-state index in [9.17, 15) is 5.11 Å². The number of aliphatic hydroxyl groups excluding tert-OH is 1. The van der Waals surface area contributed by atoms with Crippen LogP contribution in [0.25, 0.3) is 0 Å². The first-order chi connectivity index (χ1) is 9.24. The van der Waals surface area contributed by atoms with Crippen LogP contribution in [0.3, 0.4) is 0 Å². The third kappa shape index (κ3) is 5.72. The van der Waals surface area contributed by atoms with E-state index in [4.69, 9.17) is 4.74 Å². The standard InChI is InChI=1S/C13H16BrNO2S2/c14-13-4-3-11(19-13)7-15-6-10(16)8-17-9-12-2-1-5-18-12/h1-5,10,15-16H,6-9H2. The van der Waals surface area contributed by atoms with Gasteiger partial charge < -0.3 is 15.2 Å². The van der Waals surface area contributed by atoms with Crippen LogP contribution in [0.5, 0.6) is 0 Å². The molecule has 0 saturated carbocycles. The molecule has 2 heterocycles. The molecular formula is C13H16BrNO2S2. The Balaban J connectivity index is 1.55. The van der Waals surface area contributed by atoms with Crippen LogP contribution in [0.4, 0.5) is 0 Å². The van der Waals surface area contributed by atoms with E-state index in [2.05, 4.69) is 27.3 Å². The molecule has 1 atom stereocenters. The Labute approximate surface area is 129 Å². The Morgan fingerprint density at radius 3 is 2.89 bits per heavy atom. The zero-order valence-corrected chi connectivity index (χ0v) is 13.6. The van der Waals surface area contributed by atoms with Crippen LogP contribution in [0.15, 0.2) is 33.4 Å². The molecule has 0 spiro atoms. The summed E-state index contributed by atoms with van der Waals surface area (Å²) in [6.07, 6.45) is -0.469. The SMILES string of the molecule is OC(CNCc1ccc(Br)s1)COCc1cccs1. The highest BCUT2D eigenvalue weighted by molar-refractivity contribution is 9.11. The van der Waals surface area contributed by atoms with Crippen LogP contribution >= 0.6 is 38.6 Å². The molecule has 0 aromatic carbocycles. The molecule has 2 rings (SSSR count). The number of rotatable bonds is 8. The molecule has 0 amide bonds. The summed E-state index contributed by atoms with van der Waals surface area (Å²) in [6.45, 7) is 2.25. The quantitative estimate of drug-likeness (QED) is 0.758. The number of nitrogens with one attached hydrogen (secondary N) is 1. The molecule has 0 fully saturated rings. The summed E-state index contributed by atoms with van der Waals surface area (Å²) < 4.78 is 6.59. The van der Waals surface area contributed by atoms with Gasteiger partial charge in [-0.3, -0.25) is 0 Å². The van der Waals surface area contributed by atoms with Gasteiger partial charge in [-0.25, -0.2) is 0 Å². The Morgan fingerprint density at radius 2 is 2.21 bits per heavy atom. The van der Waals surface area contributed by atoms with E-state index >= 15 is 0 Å². The molecule has 0 radical (unpaired) electrons. The minimum absolute atomic E-state index is 0.360. The van der Waals surface area contributed by atoms with Crippen LogP contribution < -0.4 is 5.32 Å². The summed E-state index contributed by atoms with van der Waals surface area (Å²) >= 11 is 6.79. The van der Waals surface area contributed by atoms with Gasteiger partial charge in [0.1, 0.15) is 0 Å². The number of hydrogen-bond acceptors (Lipinski definition) is 5. The van der Waals surface area contributed by atoms with Crippen molar-refractivity contribution in [2.45, 2.75) is 19.3 Å². The highest BCUT2D eigenvalue weighted by atomic mass is 79.9. The maximum Gasteiger partial charge on any atom is 0.0897 e. The van der Waals surface area contributed by atoms with Gasteiger partial charge in [0, 0.05) is 22.8 Å². The predicted molar refractivity (Wildman–Crippen MR) is 83.7 cm³/mol. The second-order valence-electron chi connectivity index (χ2n) is 4.09. The summed E-state index contributed by atoms with van der Waals surface area (Å²) in [5.74, 6) is 0. The molecule has 104 valence electrons. The van der Waals surface area contributed by atoms with Crippen molar-refractivity contribution in [2.75, 3.05) is 13.2 Å². The van der Waals surface area contributed by atoms with Crippen molar-refractivity contribution >= 4 is 38.6 Å². The predicted octanol–water partition coefficient (Wildman–Crippen LogP) is 3.24. The van der Waals surface area contributed by atoms with Crippen LogP contribution in [0, 0.1) is 0 Å². The Kier molecular flexibility index (Phi) is 6.49. The first-order valence-corrected chi connectivity index (χ1v) is 8.46. The molecule has 0 aliphatic carbocycles. The third-order valence-electron chi connectivity index (χ3n) is 2.44. The van der Waals surface area contributed by atoms with Gasteiger partial charge in [-0.1, -0.05) is 6.07 Å². The molecule has 0 bridgehead atoms. The molecule has 0 saturated heterocycles. The van der Waals surface area contributed by atoms with Gasteiger partial charge in [0.05, 0.1) is 23.1 Å². The Hall–Kier alpha value is -0.240. The lowest BCUT2D eigenvalue weighted by Crippen LogP contribution is -2.29. The molecule has 0 aliphatic rings. The van der Waals surface area contributed by atoms with Crippen molar-refractivity contribution < 1.29 is 9.84 Å². The molecule has 6 heteroatoms. The highest BCUT2D eigenvalue weighted by Gasteiger charge is 2.05. The minimum atomic E-state index is -0.469. The van der Waals surface area contributed by atoms with Crippen molar-refractivity contribution in [3.63, 3.8) is 0 Å². The zero-order chi connectivity index (χ0) is 13.5. The maximum absolute atomic E-state index is 9.77. The second-order valence-corrected chi connectivity index (χ2v) is 7.66. The topological polar surface area (TPSA) is 41.5 Å². The van der Waals surface area contributed by atoms with E-state index in [0.717, 1.165) is 10.3 Å². The van der Waals surface area contributed by atoms with Gasteiger partial charge in [0.25, 0.3) is 0 Å². The van der Waals surface area contributed by atoms with Gasteiger partial charge in [0.15, 0.2) is 0 Å². The molecule has 19 heavy (non-hydrogen) atoms. The summed E-state index contributed by atoms with van der Waals surface area (Å²) in [5.41, 5.74) is 0. The van der Waals surface area contributed by atoms with Gasteiger partial charge in [-0.2, -0.15) is 0 Å². The average molecular weight is 362 g/mol. The zero-order valence-electron chi connectivity index (χ0n) is 10.3. The maximum atomic E-state index is 9.77. The lowest BCUT2D eigenvalue weighted by atomic mass is 10.3. The number of halogens is 1. The fourth-order valence-corrected chi connectivity index (χ4v) is 3.65. The molecule has 3 nitrogen and oxygen atoms in total. The summed E-state index contributed by atoms with van der Waals surface area (Å²) in [6, 6.07) is 8.13. The van der Waals surface area contributed by atoms with Gasteiger partial charge in [-0.05, 0) is 39.5 Å². The van der Waals surface area contributed by atoms with E-state index in [-0.39, 0.29) is 0 Å². The van der Waals surface area contributed by atoms with Crippen molar-refractivity contribution in [3.05, 3.63) is 43.2 Å². The fraction of sp³-hybridized carbons (Fsp3) is 0.385. The van der Waals surface area contributed by atoms with Crippen molar-refractivity contribution in [1.29, 1.82) is 0 Å². The lowest BCUT2D eigenvalue weighted by molar-refractivity contribution is 0.0297. The molecule has 2 aromatic heterocycles. The van der Waals surface area contributed by atoms with Crippen LogP contribution in [-0.2, 0) is 17.9 Å². The Morgan fingerprint density at radius 1 is 1.32 bits per heavy atom. The number of aliphatic hydroxyl groups is 1. The van der Waals surface area contributed by atoms with E-state index in [1.165, 1.54) is 9.75 Å². The van der Waals surface area contributed by atoms with Gasteiger partial charge >= 0.3 is 0 Å². The van der Waals surface area contributed by atoms with Gasteiger partial charge in [-0.15, -0.1) is 22.7 Å². The van der Waals surface area contributed by atoms with E-state index in [1.807, 2.05) is 23.6 Å². The molecule has 2 N–H and O–H groups in total.